The molecule has 13 heteroatoms. The van der Waals surface area contributed by atoms with E-state index in [2.05, 4.69) is 26.3 Å². The summed E-state index contributed by atoms with van der Waals surface area (Å²) in [5.41, 5.74) is 0. The number of aliphatic carboxylic acids is 4. The van der Waals surface area contributed by atoms with Gasteiger partial charge >= 0.3 is 0 Å². The molecule has 0 bridgehead atoms. The molecule has 0 heterocycles. The SMILES string of the molecule is C=C(Cl)C(=O)[O-].C=C(Cl)C(=O)[O-].C=C(Cl)C(=O)[O-].C=C(Cl)C(=O)[O-].[Pb]. The Labute approximate surface area is 182 Å². The van der Waals surface area contributed by atoms with Crippen LogP contribution in [0.1, 0.15) is 0 Å². The number of hydrogen-bond acceptors (Lipinski definition) is 8. The van der Waals surface area contributed by atoms with Crippen molar-refractivity contribution in [3.05, 3.63) is 46.4 Å². The van der Waals surface area contributed by atoms with Crippen molar-refractivity contribution in [3.63, 3.8) is 0 Å². The molecule has 0 saturated carbocycles. The van der Waals surface area contributed by atoms with E-state index in [0.29, 0.717) is 0 Å². The predicted molar refractivity (Wildman–Crippen MR) is 85.8 cm³/mol. The fraction of sp³-hybridized carbons (Fsp3) is 0. The summed E-state index contributed by atoms with van der Waals surface area (Å²) >= 11 is 19.0. The van der Waals surface area contributed by atoms with Crippen molar-refractivity contribution in [2.24, 2.45) is 0 Å². The van der Waals surface area contributed by atoms with Gasteiger partial charge in [0.05, 0.1) is 44.0 Å². The van der Waals surface area contributed by atoms with Gasteiger partial charge in [-0.3, -0.25) is 0 Å². The Morgan fingerprint density at radius 3 is 0.520 bits per heavy atom. The molecule has 140 valence electrons. The van der Waals surface area contributed by atoms with Crippen LogP contribution in [-0.2, 0) is 19.2 Å². The standard InChI is InChI=1S/4C3H3ClO2.Pb/c4*1-2(4)3(5)6;/h4*1H2,(H,5,6);/p-4. The summed E-state index contributed by atoms with van der Waals surface area (Å²) in [4.78, 5) is 37.4. The second kappa shape index (κ2) is 21.0. The molecule has 8 nitrogen and oxygen atoms in total. The van der Waals surface area contributed by atoms with Crippen LogP contribution < -0.4 is 20.4 Å². The third kappa shape index (κ3) is 45.1. The fourth-order valence-corrected chi connectivity index (χ4v) is 0. The Kier molecular flexibility index (Phi) is 29.4. The van der Waals surface area contributed by atoms with Crippen LogP contribution in [-0.4, -0.2) is 51.2 Å². The van der Waals surface area contributed by atoms with Crippen molar-refractivity contribution in [2.75, 3.05) is 0 Å². The van der Waals surface area contributed by atoms with E-state index in [4.69, 9.17) is 46.4 Å². The van der Waals surface area contributed by atoms with Crippen LogP contribution in [0, 0.1) is 0 Å². The van der Waals surface area contributed by atoms with Crippen molar-refractivity contribution in [2.45, 2.75) is 0 Å². The van der Waals surface area contributed by atoms with Crippen LogP contribution in [0.5, 0.6) is 0 Å². The second-order valence-electron chi connectivity index (χ2n) is 2.77. The summed E-state index contributed by atoms with van der Waals surface area (Å²) in [6.45, 7) is 11.4. The van der Waals surface area contributed by atoms with E-state index in [1.54, 1.807) is 0 Å². The van der Waals surface area contributed by atoms with Crippen molar-refractivity contribution in [1.82, 2.24) is 0 Å². The van der Waals surface area contributed by atoms with E-state index in [-0.39, 0.29) is 27.3 Å². The van der Waals surface area contributed by atoms with Gasteiger partial charge in [0, 0.05) is 27.3 Å². The number of carboxylic acid groups (broad SMARTS) is 4. The minimum Gasteiger partial charge on any atom is -0.544 e. The largest absolute Gasteiger partial charge is 0.544 e. The van der Waals surface area contributed by atoms with E-state index in [0.717, 1.165) is 0 Å². The van der Waals surface area contributed by atoms with E-state index >= 15 is 0 Å². The summed E-state index contributed by atoms with van der Waals surface area (Å²) in [5, 5.41) is 35.6. The van der Waals surface area contributed by atoms with Crippen molar-refractivity contribution < 1.29 is 39.6 Å². The molecule has 0 aromatic heterocycles. The Balaban J connectivity index is -0.0000000702. The van der Waals surface area contributed by atoms with Gasteiger partial charge in [-0.2, -0.15) is 0 Å². The zero-order chi connectivity index (χ0) is 20.6. The first kappa shape index (κ1) is 35.1. The number of hydrogen-bond donors (Lipinski definition) is 0. The Morgan fingerprint density at radius 2 is 0.520 bits per heavy atom. The maximum absolute atomic E-state index is 9.36. The van der Waals surface area contributed by atoms with Crippen molar-refractivity contribution in [1.29, 1.82) is 0 Å². The van der Waals surface area contributed by atoms with Gasteiger partial charge in [0.1, 0.15) is 0 Å². The first-order valence-electron chi connectivity index (χ1n) is 4.80. The molecule has 4 radical (unpaired) electrons. The van der Waals surface area contributed by atoms with Crippen LogP contribution in [0.15, 0.2) is 46.4 Å². The van der Waals surface area contributed by atoms with Gasteiger partial charge in [0.25, 0.3) is 0 Å². The molecule has 0 unspecified atom stereocenters. The van der Waals surface area contributed by atoms with Gasteiger partial charge in [0.15, 0.2) is 0 Å². The van der Waals surface area contributed by atoms with E-state index in [1.807, 2.05) is 0 Å². The van der Waals surface area contributed by atoms with Crippen molar-refractivity contribution in [3.8, 4) is 0 Å². The summed E-state index contributed by atoms with van der Waals surface area (Å²) in [7, 11) is 0. The molecule has 0 fully saturated rings. The molecule has 0 saturated heterocycles. The smallest absolute Gasteiger partial charge is 0.0823 e. The molecule has 0 amide bonds. The van der Waals surface area contributed by atoms with Crippen LogP contribution in [0.2, 0.25) is 0 Å². The van der Waals surface area contributed by atoms with Crippen molar-refractivity contribution >= 4 is 97.6 Å². The first-order valence-corrected chi connectivity index (χ1v) is 6.31. The van der Waals surface area contributed by atoms with Gasteiger partial charge in [-0.05, 0) is 0 Å². The first-order chi connectivity index (χ1) is 10.6. The van der Waals surface area contributed by atoms with Crippen LogP contribution in [0.25, 0.3) is 0 Å². The molecular formula is C12H8Cl4O8Pb-4. The Hall–Kier alpha value is -1.08. The third-order valence-electron chi connectivity index (χ3n) is 0.886. The zero-order valence-corrected chi connectivity index (χ0v) is 19.0. The molecule has 0 aromatic rings. The summed E-state index contributed by atoms with van der Waals surface area (Å²) in [6, 6.07) is 0. The zero-order valence-electron chi connectivity index (χ0n) is 12.1. The van der Waals surface area contributed by atoms with E-state index in [9.17, 15) is 39.6 Å². The van der Waals surface area contributed by atoms with Crippen LogP contribution in [0.3, 0.4) is 0 Å². The third-order valence-corrected chi connectivity index (χ3v) is 1.50. The molecule has 0 rings (SSSR count). The topological polar surface area (TPSA) is 161 Å². The van der Waals surface area contributed by atoms with Gasteiger partial charge in [-0.1, -0.05) is 72.7 Å². The van der Waals surface area contributed by atoms with Gasteiger partial charge in [-0.25, -0.2) is 0 Å². The average Bonchev–Trinajstić information content (AvgIpc) is 2.40. The van der Waals surface area contributed by atoms with Crippen LogP contribution in [0.4, 0.5) is 0 Å². The van der Waals surface area contributed by atoms with Gasteiger partial charge < -0.3 is 39.6 Å². The molecule has 0 aliphatic heterocycles. The minimum atomic E-state index is -1.42. The Morgan fingerprint density at radius 1 is 0.480 bits per heavy atom. The Bertz CT molecular complexity index is 401. The van der Waals surface area contributed by atoms with Crippen LogP contribution >= 0.6 is 46.4 Å². The average molecular weight is 629 g/mol. The molecule has 0 spiro atoms. The fourth-order valence-electron chi connectivity index (χ4n) is 0. The second-order valence-corrected chi connectivity index (χ2v) is 4.59. The molecular weight excluding hydrogens is 621 g/mol. The molecule has 0 aliphatic carbocycles. The van der Waals surface area contributed by atoms with E-state index in [1.165, 1.54) is 0 Å². The number of carbonyl (C=O) groups excluding carboxylic acids is 4. The number of carboxylic acids is 4. The number of rotatable bonds is 4. The minimum absolute atomic E-state index is 0. The summed E-state index contributed by atoms with van der Waals surface area (Å²) < 4.78 is 0. The summed E-state index contributed by atoms with van der Waals surface area (Å²) in [5.74, 6) is -5.68. The molecule has 0 aromatic carbocycles. The monoisotopic (exact) mass is 628 g/mol. The predicted octanol–water partition coefficient (Wildman–Crippen LogP) is -2.43. The maximum atomic E-state index is 9.36. The summed E-state index contributed by atoms with van der Waals surface area (Å²) in [6.07, 6.45) is 0. The maximum Gasteiger partial charge on any atom is 0.0823 e. The number of halogens is 4. The normalized spacial score (nSPS) is 7.20. The quantitative estimate of drug-likeness (QED) is 0.245. The van der Waals surface area contributed by atoms with E-state index < -0.39 is 44.0 Å². The molecule has 0 N–H and O–H groups in total. The van der Waals surface area contributed by atoms with Gasteiger partial charge in [0.2, 0.25) is 0 Å². The molecule has 25 heavy (non-hydrogen) atoms. The molecule has 0 atom stereocenters. The molecule has 0 aliphatic rings. The number of carbonyl (C=O) groups is 4. The van der Waals surface area contributed by atoms with Gasteiger partial charge in [-0.15, -0.1) is 0 Å².